The van der Waals surface area contributed by atoms with Crippen molar-refractivity contribution < 1.29 is 19.4 Å². The molecule has 0 aliphatic rings. The van der Waals surface area contributed by atoms with Gasteiger partial charge in [-0.15, -0.1) is 0 Å². The molecule has 0 fully saturated rings. The molecule has 1 aromatic carbocycles. The highest BCUT2D eigenvalue weighted by molar-refractivity contribution is 5.92. The number of carbonyl (C=O) groups is 2. The summed E-state index contributed by atoms with van der Waals surface area (Å²) in [5.41, 5.74) is 0.931. The normalized spacial score (nSPS) is 10.2. The largest absolute Gasteiger partial charge is 0.478 e. The second-order valence-corrected chi connectivity index (χ2v) is 3.81. The van der Waals surface area contributed by atoms with E-state index in [-0.39, 0.29) is 17.2 Å². The molecule has 0 atom stereocenters. The zero-order valence-corrected chi connectivity index (χ0v) is 9.48. The quantitative estimate of drug-likeness (QED) is 0.630. The molecule has 16 heavy (non-hydrogen) atoms. The molecule has 0 aliphatic heterocycles. The molecule has 1 N–H and O–H groups in total. The van der Waals surface area contributed by atoms with Gasteiger partial charge in [-0.3, -0.25) is 4.79 Å². The molecule has 1 rings (SSSR count). The van der Waals surface area contributed by atoms with Crippen LogP contribution in [-0.2, 0) is 4.79 Å². The molecule has 86 valence electrons. The van der Waals surface area contributed by atoms with Gasteiger partial charge in [0.05, 0.1) is 0 Å². The lowest BCUT2D eigenvalue weighted by molar-refractivity contribution is -0.131. The molecule has 0 radical (unpaired) electrons. The van der Waals surface area contributed by atoms with Gasteiger partial charge in [-0.1, -0.05) is 19.9 Å². The van der Waals surface area contributed by atoms with E-state index < -0.39 is 11.9 Å². The first-order chi connectivity index (χ1) is 7.41. The number of carboxylic acid groups (broad SMARTS) is 1. The van der Waals surface area contributed by atoms with Crippen LogP contribution in [0.15, 0.2) is 18.2 Å². The molecule has 4 nitrogen and oxygen atoms in total. The number of benzene rings is 1. The molecular formula is C12H14O4. The minimum absolute atomic E-state index is 0.000370. The zero-order chi connectivity index (χ0) is 12.3. The number of carbonyl (C=O) groups excluding carboxylic acids is 1. The number of rotatable bonds is 3. The predicted molar refractivity (Wildman–Crippen MR) is 58.8 cm³/mol. The van der Waals surface area contributed by atoms with Crippen LogP contribution in [0.25, 0.3) is 0 Å². The van der Waals surface area contributed by atoms with Gasteiger partial charge in [-0.2, -0.15) is 0 Å². The van der Waals surface area contributed by atoms with E-state index in [9.17, 15) is 9.59 Å². The molecule has 0 saturated carbocycles. The zero-order valence-electron chi connectivity index (χ0n) is 9.48. The van der Waals surface area contributed by atoms with Crippen molar-refractivity contribution in [3.8, 4) is 5.75 Å². The molecule has 1 aromatic rings. The number of hydrogen-bond acceptors (Lipinski definition) is 3. The lowest BCUT2D eigenvalue weighted by Gasteiger charge is -2.10. The Hall–Kier alpha value is -1.84. The molecule has 0 spiro atoms. The molecule has 0 saturated heterocycles. The smallest absolute Gasteiger partial charge is 0.339 e. The monoisotopic (exact) mass is 222 g/mol. The number of ether oxygens (including phenoxy) is 1. The van der Waals surface area contributed by atoms with Gasteiger partial charge in [0.15, 0.2) is 0 Å². The molecule has 0 heterocycles. The molecule has 0 unspecified atom stereocenters. The average Bonchev–Trinajstić information content (AvgIpc) is 2.15. The van der Waals surface area contributed by atoms with Crippen LogP contribution in [0.2, 0.25) is 0 Å². The lowest BCUT2D eigenvalue weighted by atomic mass is 10.0. The van der Waals surface area contributed by atoms with Gasteiger partial charge in [0.2, 0.25) is 0 Å². The van der Waals surface area contributed by atoms with Crippen molar-refractivity contribution in [2.24, 2.45) is 0 Å². The van der Waals surface area contributed by atoms with Crippen LogP contribution in [0.4, 0.5) is 0 Å². The summed E-state index contributed by atoms with van der Waals surface area (Å²) in [6.45, 7) is 5.20. The van der Waals surface area contributed by atoms with E-state index in [4.69, 9.17) is 9.84 Å². The van der Waals surface area contributed by atoms with Crippen molar-refractivity contribution in [3.63, 3.8) is 0 Å². The van der Waals surface area contributed by atoms with Gasteiger partial charge in [0, 0.05) is 6.92 Å². The summed E-state index contributed by atoms with van der Waals surface area (Å²) in [6.07, 6.45) is 0. The fourth-order valence-corrected chi connectivity index (χ4v) is 1.31. The summed E-state index contributed by atoms with van der Waals surface area (Å²) >= 11 is 0. The van der Waals surface area contributed by atoms with Crippen LogP contribution >= 0.6 is 0 Å². The Morgan fingerprint density at radius 1 is 1.31 bits per heavy atom. The van der Waals surface area contributed by atoms with Gasteiger partial charge in [0.25, 0.3) is 0 Å². The van der Waals surface area contributed by atoms with E-state index in [1.165, 1.54) is 13.0 Å². The van der Waals surface area contributed by atoms with Crippen LogP contribution in [0.3, 0.4) is 0 Å². The van der Waals surface area contributed by atoms with Crippen LogP contribution < -0.4 is 4.74 Å². The maximum absolute atomic E-state index is 10.9. The number of esters is 1. The molecular weight excluding hydrogens is 208 g/mol. The van der Waals surface area contributed by atoms with E-state index in [0.717, 1.165) is 5.56 Å². The van der Waals surface area contributed by atoms with Crippen LogP contribution in [0.1, 0.15) is 42.6 Å². The van der Waals surface area contributed by atoms with Crippen molar-refractivity contribution in [2.75, 3.05) is 0 Å². The Bertz CT molecular complexity index is 421. The average molecular weight is 222 g/mol. The second kappa shape index (κ2) is 4.79. The third-order valence-electron chi connectivity index (χ3n) is 2.16. The van der Waals surface area contributed by atoms with E-state index in [0.29, 0.717) is 0 Å². The molecule has 0 aliphatic carbocycles. The third kappa shape index (κ3) is 2.82. The summed E-state index contributed by atoms with van der Waals surface area (Å²) in [4.78, 5) is 21.7. The Balaban J connectivity index is 3.20. The summed E-state index contributed by atoms with van der Waals surface area (Å²) in [5.74, 6) is -1.28. The Labute approximate surface area is 93.9 Å². The molecule has 0 bridgehead atoms. The number of aromatic carboxylic acids is 1. The summed E-state index contributed by atoms with van der Waals surface area (Å²) in [5, 5.41) is 8.92. The van der Waals surface area contributed by atoms with E-state index in [2.05, 4.69) is 0 Å². The molecule has 0 amide bonds. The third-order valence-corrected chi connectivity index (χ3v) is 2.16. The summed E-state index contributed by atoms with van der Waals surface area (Å²) in [6, 6.07) is 4.77. The highest BCUT2D eigenvalue weighted by Crippen LogP contribution is 2.25. The first kappa shape index (κ1) is 12.2. The predicted octanol–water partition coefficient (Wildman–Crippen LogP) is 2.43. The minimum atomic E-state index is -1.11. The van der Waals surface area contributed by atoms with Crippen LogP contribution in [0.5, 0.6) is 5.75 Å². The highest BCUT2D eigenvalue weighted by atomic mass is 16.5. The fraction of sp³-hybridized carbons (Fsp3) is 0.333. The lowest BCUT2D eigenvalue weighted by Crippen LogP contribution is -2.08. The van der Waals surface area contributed by atoms with Gasteiger partial charge in [-0.05, 0) is 23.6 Å². The summed E-state index contributed by atoms with van der Waals surface area (Å²) < 4.78 is 4.88. The number of carboxylic acids is 1. The van der Waals surface area contributed by atoms with E-state index >= 15 is 0 Å². The van der Waals surface area contributed by atoms with Gasteiger partial charge in [0.1, 0.15) is 11.3 Å². The van der Waals surface area contributed by atoms with Crippen molar-refractivity contribution in [1.82, 2.24) is 0 Å². The number of hydrogen-bond donors (Lipinski definition) is 1. The van der Waals surface area contributed by atoms with Crippen molar-refractivity contribution in [1.29, 1.82) is 0 Å². The standard InChI is InChI=1S/C12H14O4/c1-7(2)9-4-5-10(12(14)15)11(6-9)16-8(3)13/h4-7H,1-3H3,(H,14,15). The highest BCUT2D eigenvalue weighted by Gasteiger charge is 2.14. The maximum atomic E-state index is 10.9. The Morgan fingerprint density at radius 2 is 1.94 bits per heavy atom. The van der Waals surface area contributed by atoms with E-state index in [1.54, 1.807) is 12.1 Å². The van der Waals surface area contributed by atoms with Gasteiger partial charge < -0.3 is 9.84 Å². The summed E-state index contributed by atoms with van der Waals surface area (Å²) in [7, 11) is 0. The maximum Gasteiger partial charge on any atom is 0.339 e. The van der Waals surface area contributed by atoms with Crippen LogP contribution in [-0.4, -0.2) is 17.0 Å². The van der Waals surface area contributed by atoms with Crippen molar-refractivity contribution in [3.05, 3.63) is 29.3 Å². The minimum Gasteiger partial charge on any atom is -0.478 e. The molecule has 0 aromatic heterocycles. The van der Waals surface area contributed by atoms with Crippen molar-refractivity contribution in [2.45, 2.75) is 26.7 Å². The van der Waals surface area contributed by atoms with Gasteiger partial charge in [-0.25, -0.2) is 4.79 Å². The Kier molecular flexibility index (Phi) is 3.66. The van der Waals surface area contributed by atoms with E-state index in [1.807, 2.05) is 13.8 Å². The Morgan fingerprint density at radius 3 is 2.38 bits per heavy atom. The molecule has 4 heteroatoms. The second-order valence-electron chi connectivity index (χ2n) is 3.81. The first-order valence-corrected chi connectivity index (χ1v) is 4.97. The van der Waals surface area contributed by atoms with Crippen LogP contribution in [0, 0.1) is 0 Å². The topological polar surface area (TPSA) is 63.6 Å². The van der Waals surface area contributed by atoms with Gasteiger partial charge >= 0.3 is 11.9 Å². The SMILES string of the molecule is CC(=O)Oc1cc(C(C)C)ccc1C(=O)O. The first-order valence-electron chi connectivity index (χ1n) is 4.97. The van der Waals surface area contributed by atoms with Crippen molar-refractivity contribution >= 4 is 11.9 Å². The fourth-order valence-electron chi connectivity index (χ4n) is 1.31.